The number of esters is 1. The summed E-state index contributed by atoms with van der Waals surface area (Å²) in [4.78, 5) is 21.8. The SMILES string of the molecule is CCOC(=O)c1nn(-c2cccc(F)c2)cc1[N+](=O)[O-]. The molecule has 2 rings (SSSR count). The zero-order chi connectivity index (χ0) is 14.7. The lowest BCUT2D eigenvalue weighted by Crippen LogP contribution is -2.08. The number of benzene rings is 1. The highest BCUT2D eigenvalue weighted by molar-refractivity contribution is 5.91. The van der Waals surface area contributed by atoms with Crippen molar-refractivity contribution in [3.63, 3.8) is 0 Å². The molecular formula is C12H10FN3O4. The molecular weight excluding hydrogens is 269 g/mol. The van der Waals surface area contributed by atoms with E-state index in [1.54, 1.807) is 6.92 Å². The van der Waals surface area contributed by atoms with E-state index < -0.39 is 28.1 Å². The van der Waals surface area contributed by atoms with Crippen LogP contribution in [0.15, 0.2) is 30.5 Å². The first-order valence-electron chi connectivity index (χ1n) is 5.70. The Morgan fingerprint density at radius 3 is 2.90 bits per heavy atom. The second-order valence-corrected chi connectivity index (χ2v) is 3.76. The Balaban J connectivity index is 2.49. The van der Waals surface area contributed by atoms with E-state index in [0.717, 1.165) is 16.9 Å². The number of rotatable bonds is 4. The number of aromatic nitrogens is 2. The Kier molecular flexibility index (Phi) is 3.74. The van der Waals surface area contributed by atoms with Crippen molar-refractivity contribution in [2.45, 2.75) is 6.92 Å². The summed E-state index contributed by atoms with van der Waals surface area (Å²) in [5.74, 6) is -1.41. The highest BCUT2D eigenvalue weighted by Crippen LogP contribution is 2.20. The average molecular weight is 279 g/mol. The van der Waals surface area contributed by atoms with Gasteiger partial charge in [-0.25, -0.2) is 13.9 Å². The fourth-order valence-electron chi connectivity index (χ4n) is 1.59. The zero-order valence-electron chi connectivity index (χ0n) is 10.4. The summed E-state index contributed by atoms with van der Waals surface area (Å²) in [6.45, 7) is 1.65. The van der Waals surface area contributed by atoms with Gasteiger partial charge in [0.2, 0.25) is 5.69 Å². The van der Waals surface area contributed by atoms with Gasteiger partial charge in [-0.2, -0.15) is 5.10 Å². The second kappa shape index (κ2) is 5.47. The van der Waals surface area contributed by atoms with Crippen LogP contribution >= 0.6 is 0 Å². The lowest BCUT2D eigenvalue weighted by molar-refractivity contribution is -0.385. The molecule has 0 aliphatic carbocycles. The van der Waals surface area contributed by atoms with Crippen LogP contribution in [0.1, 0.15) is 17.4 Å². The summed E-state index contributed by atoms with van der Waals surface area (Å²) in [5.41, 5.74) is -0.641. The molecule has 0 spiro atoms. The summed E-state index contributed by atoms with van der Waals surface area (Å²) in [6.07, 6.45) is 1.04. The van der Waals surface area contributed by atoms with E-state index in [1.807, 2.05) is 0 Å². The van der Waals surface area contributed by atoms with Crippen LogP contribution in [0.4, 0.5) is 10.1 Å². The Bertz CT molecular complexity index is 668. The van der Waals surface area contributed by atoms with E-state index in [1.165, 1.54) is 18.2 Å². The second-order valence-electron chi connectivity index (χ2n) is 3.76. The van der Waals surface area contributed by atoms with Crippen LogP contribution in [0.5, 0.6) is 0 Å². The average Bonchev–Trinajstić information content (AvgIpc) is 2.84. The molecule has 0 aliphatic rings. The van der Waals surface area contributed by atoms with Crippen molar-refractivity contribution >= 4 is 11.7 Å². The van der Waals surface area contributed by atoms with Crippen molar-refractivity contribution in [3.05, 3.63) is 52.1 Å². The van der Waals surface area contributed by atoms with Crippen molar-refractivity contribution < 1.29 is 18.8 Å². The predicted molar refractivity (Wildman–Crippen MR) is 66.1 cm³/mol. The first-order valence-corrected chi connectivity index (χ1v) is 5.70. The lowest BCUT2D eigenvalue weighted by atomic mass is 10.3. The fraction of sp³-hybridized carbons (Fsp3) is 0.167. The first-order chi connectivity index (χ1) is 9.52. The number of halogens is 1. The Hall–Kier alpha value is -2.77. The fourth-order valence-corrected chi connectivity index (χ4v) is 1.59. The van der Waals surface area contributed by atoms with E-state index in [0.29, 0.717) is 0 Å². The molecule has 0 bridgehead atoms. The molecule has 0 fully saturated rings. The van der Waals surface area contributed by atoms with E-state index in [9.17, 15) is 19.3 Å². The van der Waals surface area contributed by atoms with Crippen molar-refractivity contribution in [3.8, 4) is 5.69 Å². The molecule has 2 aromatic rings. The van der Waals surface area contributed by atoms with E-state index >= 15 is 0 Å². The first kappa shape index (κ1) is 13.7. The van der Waals surface area contributed by atoms with Gasteiger partial charge in [0, 0.05) is 0 Å². The molecule has 0 saturated heterocycles. The third-order valence-electron chi connectivity index (χ3n) is 2.43. The van der Waals surface area contributed by atoms with E-state index in [-0.39, 0.29) is 12.3 Å². The molecule has 20 heavy (non-hydrogen) atoms. The minimum Gasteiger partial charge on any atom is -0.461 e. The smallest absolute Gasteiger partial charge is 0.366 e. The predicted octanol–water partition coefficient (Wildman–Crippen LogP) is 2.10. The number of nitro groups is 1. The quantitative estimate of drug-likeness (QED) is 0.486. The minimum absolute atomic E-state index is 0.0722. The molecule has 0 atom stereocenters. The van der Waals surface area contributed by atoms with Gasteiger partial charge in [0.15, 0.2) is 0 Å². The van der Waals surface area contributed by atoms with Crippen molar-refractivity contribution in [2.24, 2.45) is 0 Å². The molecule has 0 aliphatic heterocycles. The van der Waals surface area contributed by atoms with Crippen molar-refractivity contribution in [1.29, 1.82) is 0 Å². The van der Waals surface area contributed by atoms with Gasteiger partial charge in [0.25, 0.3) is 0 Å². The Morgan fingerprint density at radius 2 is 2.30 bits per heavy atom. The molecule has 104 valence electrons. The van der Waals surface area contributed by atoms with Crippen LogP contribution < -0.4 is 0 Å². The molecule has 0 N–H and O–H groups in total. The largest absolute Gasteiger partial charge is 0.461 e. The standard InChI is InChI=1S/C12H10FN3O4/c1-2-20-12(17)11-10(16(18)19)7-15(14-11)9-5-3-4-8(13)6-9/h3-7H,2H2,1H3. The molecule has 1 aromatic heterocycles. The van der Waals surface area contributed by atoms with Gasteiger partial charge in [0.05, 0.1) is 17.2 Å². The summed E-state index contributed by atoms with van der Waals surface area (Å²) in [7, 11) is 0. The number of carbonyl (C=O) groups is 1. The van der Waals surface area contributed by atoms with E-state index in [4.69, 9.17) is 4.74 Å². The molecule has 8 heteroatoms. The third kappa shape index (κ3) is 2.63. The zero-order valence-corrected chi connectivity index (χ0v) is 10.4. The minimum atomic E-state index is -0.894. The topological polar surface area (TPSA) is 87.3 Å². The monoisotopic (exact) mass is 279 g/mol. The Labute approximate surface area is 112 Å². The van der Waals surface area contributed by atoms with Gasteiger partial charge >= 0.3 is 11.7 Å². The van der Waals surface area contributed by atoms with Crippen LogP contribution in [-0.4, -0.2) is 27.3 Å². The van der Waals surface area contributed by atoms with Crippen LogP contribution in [0.2, 0.25) is 0 Å². The van der Waals surface area contributed by atoms with Crippen LogP contribution in [-0.2, 0) is 4.74 Å². The van der Waals surface area contributed by atoms with Gasteiger partial charge in [-0.1, -0.05) is 6.07 Å². The molecule has 0 saturated carbocycles. The number of hydrogen-bond acceptors (Lipinski definition) is 5. The number of hydrogen-bond donors (Lipinski definition) is 0. The van der Waals surface area contributed by atoms with Gasteiger partial charge < -0.3 is 4.74 Å². The summed E-state index contributed by atoms with van der Waals surface area (Å²) in [6, 6.07) is 5.32. The highest BCUT2D eigenvalue weighted by atomic mass is 19.1. The van der Waals surface area contributed by atoms with Gasteiger partial charge in [0.1, 0.15) is 12.0 Å². The number of carbonyl (C=O) groups excluding carboxylic acids is 1. The Morgan fingerprint density at radius 1 is 1.55 bits per heavy atom. The maximum Gasteiger partial charge on any atom is 0.366 e. The van der Waals surface area contributed by atoms with Crippen LogP contribution in [0.3, 0.4) is 0 Å². The van der Waals surface area contributed by atoms with Crippen molar-refractivity contribution in [1.82, 2.24) is 9.78 Å². The van der Waals surface area contributed by atoms with Gasteiger partial charge in [-0.3, -0.25) is 10.1 Å². The summed E-state index contributed by atoms with van der Waals surface area (Å²) >= 11 is 0. The van der Waals surface area contributed by atoms with Crippen LogP contribution in [0.25, 0.3) is 5.69 Å². The lowest BCUT2D eigenvalue weighted by Gasteiger charge is -2.00. The molecule has 7 nitrogen and oxygen atoms in total. The molecule has 1 heterocycles. The molecule has 1 aromatic carbocycles. The normalized spacial score (nSPS) is 10.3. The molecule has 0 unspecified atom stereocenters. The maximum absolute atomic E-state index is 13.1. The van der Waals surface area contributed by atoms with E-state index in [2.05, 4.69) is 5.10 Å². The van der Waals surface area contributed by atoms with Gasteiger partial charge in [-0.05, 0) is 25.1 Å². The molecule has 0 radical (unpaired) electrons. The third-order valence-corrected chi connectivity index (χ3v) is 2.43. The molecule has 0 amide bonds. The summed E-state index contributed by atoms with van der Waals surface area (Å²) < 4.78 is 18.9. The number of ether oxygens (including phenoxy) is 1. The maximum atomic E-state index is 13.1. The summed E-state index contributed by atoms with van der Waals surface area (Å²) in [5, 5.41) is 14.7. The van der Waals surface area contributed by atoms with Crippen LogP contribution in [0, 0.1) is 15.9 Å². The van der Waals surface area contributed by atoms with Gasteiger partial charge in [-0.15, -0.1) is 0 Å². The number of nitrogens with zero attached hydrogens (tertiary/aromatic N) is 3. The van der Waals surface area contributed by atoms with Crippen molar-refractivity contribution in [2.75, 3.05) is 6.61 Å². The highest BCUT2D eigenvalue weighted by Gasteiger charge is 2.27.